The van der Waals surface area contributed by atoms with Crippen molar-refractivity contribution in [3.63, 3.8) is 0 Å². The number of aromatic amines is 1. The molecule has 2 N–H and O–H groups in total. The number of rotatable bonds is 5. The second-order valence-corrected chi connectivity index (χ2v) is 7.02. The molecule has 0 aliphatic heterocycles. The molecule has 8 heteroatoms. The van der Waals surface area contributed by atoms with Gasteiger partial charge in [0.2, 0.25) is 0 Å². The first kappa shape index (κ1) is 15.8. The molecule has 0 spiro atoms. The Labute approximate surface area is 132 Å². The van der Waals surface area contributed by atoms with E-state index in [4.69, 9.17) is 4.74 Å². The predicted octanol–water partition coefficient (Wildman–Crippen LogP) is 2.99. The Morgan fingerprint density at radius 2 is 2.10 bits per heavy atom. The zero-order valence-electron chi connectivity index (χ0n) is 11.9. The van der Waals surface area contributed by atoms with Gasteiger partial charge < -0.3 is 4.74 Å². The molecular weight excluding hydrogens is 358 g/mol. The fraction of sp³-hybridized carbons (Fsp3) is 0.308. The van der Waals surface area contributed by atoms with Gasteiger partial charge in [0, 0.05) is 15.7 Å². The van der Waals surface area contributed by atoms with Crippen LogP contribution in [-0.4, -0.2) is 25.2 Å². The van der Waals surface area contributed by atoms with Gasteiger partial charge in [0.05, 0.1) is 6.61 Å². The SMILES string of the molecule is CCOc1ccc(Br)cc1S(=O)(=O)Nc1n[nH]c(C)c1C. The minimum atomic E-state index is -3.79. The largest absolute Gasteiger partial charge is 0.492 e. The zero-order chi connectivity index (χ0) is 15.6. The second-order valence-electron chi connectivity index (χ2n) is 4.45. The summed E-state index contributed by atoms with van der Waals surface area (Å²) in [6, 6.07) is 4.85. The van der Waals surface area contributed by atoms with Gasteiger partial charge in [0.15, 0.2) is 5.82 Å². The summed E-state index contributed by atoms with van der Waals surface area (Å²) in [5.74, 6) is 0.591. The maximum absolute atomic E-state index is 12.5. The molecule has 6 nitrogen and oxygen atoms in total. The highest BCUT2D eigenvalue weighted by molar-refractivity contribution is 9.10. The highest BCUT2D eigenvalue weighted by atomic mass is 79.9. The topological polar surface area (TPSA) is 84.1 Å². The normalized spacial score (nSPS) is 11.4. The van der Waals surface area contributed by atoms with Crippen LogP contribution in [0.3, 0.4) is 0 Å². The molecule has 0 radical (unpaired) electrons. The molecule has 21 heavy (non-hydrogen) atoms. The number of hydrogen-bond acceptors (Lipinski definition) is 4. The standard InChI is InChI=1S/C13H16BrN3O3S/c1-4-20-11-6-5-10(14)7-12(11)21(18,19)17-13-8(2)9(3)15-16-13/h5-7H,4H2,1-3H3,(H2,15,16,17). The fourth-order valence-corrected chi connectivity index (χ4v) is 3.48. The van der Waals surface area contributed by atoms with Crippen LogP contribution in [-0.2, 0) is 10.0 Å². The van der Waals surface area contributed by atoms with E-state index < -0.39 is 10.0 Å². The zero-order valence-corrected chi connectivity index (χ0v) is 14.3. The maximum Gasteiger partial charge on any atom is 0.266 e. The molecule has 0 saturated heterocycles. The number of nitrogens with zero attached hydrogens (tertiary/aromatic N) is 1. The molecule has 0 fully saturated rings. The van der Waals surface area contributed by atoms with Gasteiger partial charge in [0.1, 0.15) is 10.6 Å². The quantitative estimate of drug-likeness (QED) is 0.843. The van der Waals surface area contributed by atoms with E-state index in [1.165, 1.54) is 6.07 Å². The van der Waals surface area contributed by atoms with Crippen molar-refractivity contribution in [1.82, 2.24) is 10.2 Å². The van der Waals surface area contributed by atoms with Crippen LogP contribution < -0.4 is 9.46 Å². The van der Waals surface area contributed by atoms with Crippen molar-refractivity contribution in [1.29, 1.82) is 0 Å². The molecule has 0 aliphatic carbocycles. The molecule has 0 amide bonds. The summed E-state index contributed by atoms with van der Waals surface area (Å²) in [6.45, 7) is 5.80. The van der Waals surface area contributed by atoms with Crippen LogP contribution >= 0.6 is 15.9 Å². The van der Waals surface area contributed by atoms with Crippen LogP contribution in [0.4, 0.5) is 5.82 Å². The molecule has 0 atom stereocenters. The van der Waals surface area contributed by atoms with Crippen LogP contribution in [0.25, 0.3) is 0 Å². The first-order chi connectivity index (χ1) is 9.85. The van der Waals surface area contributed by atoms with Crippen molar-refractivity contribution in [3.05, 3.63) is 33.9 Å². The number of benzene rings is 1. The minimum Gasteiger partial charge on any atom is -0.492 e. The third kappa shape index (κ3) is 3.38. The predicted molar refractivity (Wildman–Crippen MR) is 84.2 cm³/mol. The molecule has 1 aromatic carbocycles. The molecule has 1 aromatic heterocycles. The first-order valence-corrected chi connectivity index (χ1v) is 8.59. The van der Waals surface area contributed by atoms with Crippen LogP contribution in [0.15, 0.2) is 27.6 Å². The summed E-state index contributed by atoms with van der Waals surface area (Å²) in [7, 11) is -3.79. The number of aromatic nitrogens is 2. The molecule has 2 rings (SSSR count). The summed E-state index contributed by atoms with van der Waals surface area (Å²) < 4.78 is 33.6. The Hall–Kier alpha value is -1.54. The van der Waals surface area contributed by atoms with E-state index in [0.29, 0.717) is 16.8 Å². The van der Waals surface area contributed by atoms with Crippen LogP contribution in [0.5, 0.6) is 5.75 Å². The Kier molecular flexibility index (Phi) is 4.58. The third-order valence-electron chi connectivity index (χ3n) is 2.98. The molecule has 0 aliphatic rings. The Morgan fingerprint density at radius 3 is 2.67 bits per heavy atom. The van der Waals surface area contributed by atoms with E-state index in [9.17, 15) is 8.42 Å². The van der Waals surface area contributed by atoms with Gasteiger partial charge in [-0.3, -0.25) is 9.82 Å². The van der Waals surface area contributed by atoms with Crippen molar-refractivity contribution in [2.75, 3.05) is 11.3 Å². The Morgan fingerprint density at radius 1 is 1.38 bits per heavy atom. The average Bonchev–Trinajstić information content (AvgIpc) is 2.72. The van der Waals surface area contributed by atoms with E-state index in [1.54, 1.807) is 26.0 Å². The number of H-pyrrole nitrogens is 1. The lowest BCUT2D eigenvalue weighted by Crippen LogP contribution is -2.15. The second kappa shape index (κ2) is 6.07. The van der Waals surface area contributed by atoms with E-state index in [1.807, 2.05) is 6.92 Å². The van der Waals surface area contributed by atoms with Crippen molar-refractivity contribution in [2.24, 2.45) is 0 Å². The lowest BCUT2D eigenvalue weighted by atomic mass is 10.3. The first-order valence-electron chi connectivity index (χ1n) is 6.32. The highest BCUT2D eigenvalue weighted by Gasteiger charge is 2.22. The Bertz CT molecular complexity index is 756. The van der Waals surface area contributed by atoms with Gasteiger partial charge in [-0.2, -0.15) is 5.10 Å². The fourth-order valence-electron chi connectivity index (χ4n) is 1.73. The van der Waals surface area contributed by atoms with Crippen molar-refractivity contribution in [3.8, 4) is 5.75 Å². The van der Waals surface area contributed by atoms with Crippen molar-refractivity contribution in [2.45, 2.75) is 25.7 Å². The molecule has 114 valence electrons. The van der Waals surface area contributed by atoms with Gasteiger partial charge in [-0.1, -0.05) is 15.9 Å². The highest BCUT2D eigenvalue weighted by Crippen LogP contribution is 2.29. The summed E-state index contributed by atoms with van der Waals surface area (Å²) in [4.78, 5) is 0.0683. The molecule has 1 heterocycles. The summed E-state index contributed by atoms with van der Waals surface area (Å²) in [5, 5.41) is 6.70. The summed E-state index contributed by atoms with van der Waals surface area (Å²) >= 11 is 3.27. The molecular formula is C13H16BrN3O3S. The van der Waals surface area contributed by atoms with E-state index in [2.05, 4.69) is 30.8 Å². The molecule has 0 bridgehead atoms. The lowest BCUT2D eigenvalue weighted by Gasteiger charge is -2.12. The lowest BCUT2D eigenvalue weighted by molar-refractivity contribution is 0.331. The number of anilines is 1. The van der Waals surface area contributed by atoms with Gasteiger partial charge in [-0.25, -0.2) is 8.42 Å². The number of ether oxygens (including phenoxy) is 1. The Balaban J connectivity index is 2.44. The minimum absolute atomic E-state index is 0.0683. The number of sulfonamides is 1. The molecule has 2 aromatic rings. The molecule has 0 saturated carbocycles. The van der Waals surface area contributed by atoms with Crippen molar-refractivity contribution >= 4 is 31.8 Å². The molecule has 0 unspecified atom stereocenters. The van der Waals surface area contributed by atoms with Crippen molar-refractivity contribution < 1.29 is 13.2 Å². The smallest absolute Gasteiger partial charge is 0.266 e. The van der Waals surface area contributed by atoms with Crippen LogP contribution in [0.2, 0.25) is 0 Å². The van der Waals surface area contributed by atoms with E-state index in [0.717, 1.165) is 11.3 Å². The van der Waals surface area contributed by atoms with Gasteiger partial charge >= 0.3 is 0 Å². The van der Waals surface area contributed by atoms with Gasteiger partial charge in [-0.05, 0) is 39.0 Å². The van der Waals surface area contributed by atoms with E-state index in [-0.39, 0.29) is 10.7 Å². The van der Waals surface area contributed by atoms with Crippen LogP contribution in [0, 0.1) is 13.8 Å². The van der Waals surface area contributed by atoms with Gasteiger partial charge in [0.25, 0.3) is 10.0 Å². The van der Waals surface area contributed by atoms with E-state index >= 15 is 0 Å². The number of aryl methyl sites for hydroxylation is 1. The summed E-state index contributed by atoms with van der Waals surface area (Å²) in [5.41, 5.74) is 1.57. The van der Waals surface area contributed by atoms with Gasteiger partial charge in [-0.15, -0.1) is 0 Å². The summed E-state index contributed by atoms with van der Waals surface area (Å²) in [6.07, 6.45) is 0. The number of hydrogen-bond donors (Lipinski definition) is 2. The maximum atomic E-state index is 12.5. The average molecular weight is 374 g/mol. The number of nitrogens with one attached hydrogen (secondary N) is 2. The van der Waals surface area contributed by atoms with Crippen LogP contribution in [0.1, 0.15) is 18.2 Å². The number of halogens is 1. The third-order valence-corrected chi connectivity index (χ3v) is 4.83. The monoisotopic (exact) mass is 373 g/mol.